The first-order valence-corrected chi connectivity index (χ1v) is 7.07. The molecule has 0 aliphatic rings. The largest absolute Gasteiger partial charge is 0.495 e. The lowest BCUT2D eigenvalue weighted by Crippen LogP contribution is -2.26. The third kappa shape index (κ3) is 2.98. The minimum absolute atomic E-state index is 0.295. The van der Waals surface area contributed by atoms with Gasteiger partial charge in [-0.3, -0.25) is 4.57 Å². The Bertz CT molecular complexity index is 791. The quantitative estimate of drug-likeness (QED) is 0.855. The molecule has 6 heteroatoms. The SMILES string of the molecule is COc1cc(Cn2c(C)c(Br)c(C)nc2=O)ccc1C#N. The van der Waals surface area contributed by atoms with Crippen LogP contribution in [0.1, 0.15) is 22.5 Å². The summed E-state index contributed by atoms with van der Waals surface area (Å²) < 4.78 is 7.59. The van der Waals surface area contributed by atoms with E-state index in [1.54, 1.807) is 29.7 Å². The van der Waals surface area contributed by atoms with Gasteiger partial charge < -0.3 is 4.74 Å². The third-order valence-corrected chi connectivity index (χ3v) is 4.41. The average molecular weight is 348 g/mol. The maximum absolute atomic E-state index is 12.0. The molecular formula is C15H14BrN3O2. The van der Waals surface area contributed by atoms with Crippen molar-refractivity contribution in [2.24, 2.45) is 0 Å². The van der Waals surface area contributed by atoms with E-state index < -0.39 is 0 Å². The molecule has 0 fully saturated rings. The fraction of sp³-hybridized carbons (Fsp3) is 0.267. The highest BCUT2D eigenvalue weighted by Crippen LogP contribution is 2.21. The number of halogens is 1. The molecule has 0 atom stereocenters. The van der Waals surface area contributed by atoms with E-state index >= 15 is 0 Å². The minimum Gasteiger partial charge on any atom is -0.495 e. The van der Waals surface area contributed by atoms with Crippen LogP contribution >= 0.6 is 15.9 Å². The maximum Gasteiger partial charge on any atom is 0.348 e. The van der Waals surface area contributed by atoms with E-state index in [1.165, 1.54) is 7.11 Å². The molecule has 1 heterocycles. The van der Waals surface area contributed by atoms with Crippen LogP contribution in [-0.2, 0) is 6.54 Å². The second-order valence-corrected chi connectivity index (χ2v) is 5.40. The summed E-state index contributed by atoms with van der Waals surface area (Å²) >= 11 is 3.44. The number of aryl methyl sites for hydroxylation is 1. The van der Waals surface area contributed by atoms with Crippen LogP contribution in [0.3, 0.4) is 0 Å². The maximum atomic E-state index is 12.0. The van der Waals surface area contributed by atoms with Gasteiger partial charge in [0.1, 0.15) is 11.8 Å². The lowest BCUT2D eigenvalue weighted by atomic mass is 10.1. The molecule has 21 heavy (non-hydrogen) atoms. The zero-order chi connectivity index (χ0) is 15.6. The second kappa shape index (κ2) is 6.10. The van der Waals surface area contributed by atoms with Crippen molar-refractivity contribution in [2.75, 3.05) is 7.11 Å². The number of methoxy groups -OCH3 is 1. The lowest BCUT2D eigenvalue weighted by Gasteiger charge is -2.13. The average Bonchev–Trinajstić information content (AvgIpc) is 2.49. The van der Waals surface area contributed by atoms with Gasteiger partial charge in [0.15, 0.2) is 0 Å². The summed E-state index contributed by atoms with van der Waals surface area (Å²) in [7, 11) is 1.52. The van der Waals surface area contributed by atoms with Gasteiger partial charge in [0.05, 0.1) is 29.4 Å². The summed E-state index contributed by atoms with van der Waals surface area (Å²) in [5.41, 5.74) is 2.53. The van der Waals surface area contributed by atoms with Crippen LogP contribution in [0.25, 0.3) is 0 Å². The summed E-state index contributed by atoms with van der Waals surface area (Å²) in [6.07, 6.45) is 0. The molecule has 2 aromatic rings. The zero-order valence-corrected chi connectivity index (χ0v) is 13.6. The Kier molecular flexibility index (Phi) is 4.43. The van der Waals surface area contributed by atoms with Crippen molar-refractivity contribution >= 4 is 15.9 Å². The van der Waals surface area contributed by atoms with Gasteiger partial charge in [0.2, 0.25) is 0 Å². The van der Waals surface area contributed by atoms with Crippen molar-refractivity contribution in [2.45, 2.75) is 20.4 Å². The van der Waals surface area contributed by atoms with Gasteiger partial charge >= 0.3 is 5.69 Å². The first-order valence-electron chi connectivity index (χ1n) is 6.28. The molecule has 5 nitrogen and oxygen atoms in total. The summed E-state index contributed by atoms with van der Waals surface area (Å²) in [6.45, 7) is 4.02. The molecular weight excluding hydrogens is 334 g/mol. The fourth-order valence-corrected chi connectivity index (χ4v) is 2.37. The molecule has 0 spiro atoms. The van der Waals surface area contributed by atoms with Gasteiger partial charge in [0.25, 0.3) is 0 Å². The molecule has 1 aromatic heterocycles. The van der Waals surface area contributed by atoms with E-state index in [1.807, 2.05) is 6.92 Å². The van der Waals surface area contributed by atoms with Crippen molar-refractivity contribution in [1.82, 2.24) is 9.55 Å². The van der Waals surface area contributed by atoms with E-state index in [4.69, 9.17) is 10.00 Å². The molecule has 108 valence electrons. The van der Waals surface area contributed by atoms with Crippen LogP contribution in [0.4, 0.5) is 0 Å². The van der Waals surface area contributed by atoms with Crippen LogP contribution in [0, 0.1) is 25.2 Å². The van der Waals surface area contributed by atoms with Gasteiger partial charge in [-0.15, -0.1) is 0 Å². The zero-order valence-electron chi connectivity index (χ0n) is 12.0. The highest BCUT2D eigenvalue weighted by atomic mass is 79.9. The highest BCUT2D eigenvalue weighted by Gasteiger charge is 2.11. The monoisotopic (exact) mass is 347 g/mol. The van der Waals surface area contributed by atoms with Gasteiger partial charge in [0, 0.05) is 5.69 Å². The second-order valence-electron chi connectivity index (χ2n) is 4.61. The van der Waals surface area contributed by atoms with Crippen LogP contribution in [0.15, 0.2) is 27.5 Å². The van der Waals surface area contributed by atoms with Crippen molar-refractivity contribution in [1.29, 1.82) is 5.26 Å². The first kappa shape index (κ1) is 15.3. The Morgan fingerprint density at radius 2 is 2.14 bits per heavy atom. The Labute approximate surface area is 130 Å². The summed E-state index contributed by atoms with van der Waals surface area (Å²) in [6, 6.07) is 7.32. The number of hydrogen-bond acceptors (Lipinski definition) is 4. The number of aromatic nitrogens is 2. The number of nitriles is 1. The minimum atomic E-state index is -0.295. The van der Waals surface area contributed by atoms with E-state index in [-0.39, 0.29) is 5.69 Å². The molecule has 0 saturated carbocycles. The molecule has 1 aromatic carbocycles. The normalized spacial score (nSPS) is 10.2. The number of rotatable bonds is 3. The predicted octanol–water partition coefficient (Wildman–Crippen LogP) is 2.55. The van der Waals surface area contributed by atoms with Crippen molar-refractivity contribution in [3.63, 3.8) is 0 Å². The topological polar surface area (TPSA) is 67.9 Å². The van der Waals surface area contributed by atoms with Gasteiger partial charge in [-0.1, -0.05) is 6.07 Å². The van der Waals surface area contributed by atoms with Crippen molar-refractivity contribution < 1.29 is 4.74 Å². The van der Waals surface area contributed by atoms with E-state index in [0.29, 0.717) is 23.6 Å². The predicted molar refractivity (Wildman–Crippen MR) is 82.5 cm³/mol. The number of hydrogen-bond donors (Lipinski definition) is 0. The number of ether oxygens (including phenoxy) is 1. The summed E-state index contributed by atoms with van der Waals surface area (Å²) in [5.74, 6) is 0.500. The molecule has 0 N–H and O–H groups in total. The van der Waals surface area contributed by atoms with Crippen molar-refractivity contribution in [3.8, 4) is 11.8 Å². The molecule has 0 unspecified atom stereocenters. The Hall–Kier alpha value is -2.13. The van der Waals surface area contributed by atoms with Gasteiger partial charge in [-0.05, 0) is 47.5 Å². The third-order valence-electron chi connectivity index (χ3n) is 3.26. The smallest absolute Gasteiger partial charge is 0.348 e. The van der Waals surface area contributed by atoms with E-state index in [9.17, 15) is 4.79 Å². The Balaban J connectivity index is 2.47. The Morgan fingerprint density at radius 3 is 2.76 bits per heavy atom. The fourth-order valence-electron chi connectivity index (χ4n) is 2.07. The van der Waals surface area contributed by atoms with Crippen LogP contribution in [0.5, 0.6) is 5.75 Å². The molecule has 2 rings (SSSR count). The summed E-state index contributed by atoms with van der Waals surface area (Å²) in [5, 5.41) is 8.98. The van der Waals surface area contributed by atoms with Crippen LogP contribution in [0.2, 0.25) is 0 Å². The van der Waals surface area contributed by atoms with Gasteiger partial charge in [-0.2, -0.15) is 10.2 Å². The molecule has 0 amide bonds. The van der Waals surface area contributed by atoms with Crippen molar-refractivity contribution in [3.05, 3.63) is 55.7 Å². The molecule has 0 radical (unpaired) electrons. The molecule has 0 aliphatic carbocycles. The molecule has 0 saturated heterocycles. The van der Waals surface area contributed by atoms with Crippen LogP contribution < -0.4 is 10.4 Å². The lowest BCUT2D eigenvalue weighted by molar-refractivity contribution is 0.412. The summed E-state index contributed by atoms with van der Waals surface area (Å²) in [4.78, 5) is 16.0. The standard InChI is InChI=1S/C15H14BrN3O2/c1-9-14(16)10(2)19(15(20)18-9)8-11-4-5-12(7-17)13(6-11)21-3/h4-6H,8H2,1-3H3. The van der Waals surface area contributed by atoms with E-state index in [0.717, 1.165) is 15.7 Å². The Morgan fingerprint density at radius 1 is 1.43 bits per heavy atom. The van der Waals surface area contributed by atoms with Gasteiger partial charge in [-0.25, -0.2) is 4.79 Å². The van der Waals surface area contributed by atoms with Crippen LogP contribution in [-0.4, -0.2) is 16.7 Å². The first-order chi connectivity index (χ1) is 9.97. The number of nitrogens with zero attached hydrogens (tertiary/aromatic N) is 3. The van der Waals surface area contributed by atoms with E-state index in [2.05, 4.69) is 27.0 Å². The number of benzene rings is 1. The highest BCUT2D eigenvalue weighted by molar-refractivity contribution is 9.10. The molecule has 0 aliphatic heterocycles. The molecule has 0 bridgehead atoms.